The molecule has 0 atom stereocenters. The van der Waals surface area contributed by atoms with E-state index in [4.69, 9.17) is 0 Å². The quantitative estimate of drug-likeness (QED) is 0.565. The summed E-state index contributed by atoms with van der Waals surface area (Å²) in [6, 6.07) is 0. The van der Waals surface area contributed by atoms with Gasteiger partial charge in [-0.3, -0.25) is 0 Å². The fraction of sp³-hybridized carbons (Fsp3) is 1.00. The van der Waals surface area contributed by atoms with Crippen LogP contribution in [0.2, 0.25) is 0 Å². The fourth-order valence-corrected chi connectivity index (χ4v) is 2.03. The molecule has 0 aliphatic carbocycles. The Labute approximate surface area is 93.8 Å². The van der Waals surface area contributed by atoms with E-state index in [0.29, 0.717) is 0 Å². The molecule has 0 aliphatic heterocycles. The summed E-state index contributed by atoms with van der Waals surface area (Å²) in [6.07, 6.45) is 4.11. The van der Waals surface area contributed by atoms with Crippen LogP contribution in [0.15, 0.2) is 0 Å². The monoisotopic (exact) mass is 218 g/mol. The molecule has 0 radical (unpaired) electrons. The Hall–Kier alpha value is 0.270. The molecule has 3 heteroatoms. The van der Waals surface area contributed by atoms with E-state index in [1.54, 1.807) is 0 Å². The molecule has 86 valence electrons. The Morgan fingerprint density at radius 1 is 1.07 bits per heavy atom. The zero-order valence-electron chi connectivity index (χ0n) is 10.0. The average molecular weight is 218 g/mol. The molecule has 0 aliphatic rings. The van der Waals surface area contributed by atoms with E-state index < -0.39 is 0 Å². The number of thioether (sulfide) groups is 1. The minimum Gasteiger partial charge on any atom is -0.315 e. The summed E-state index contributed by atoms with van der Waals surface area (Å²) in [5, 5.41) is 3.45. The van der Waals surface area contributed by atoms with Crippen LogP contribution >= 0.6 is 11.8 Å². The number of nitrogens with zero attached hydrogens (tertiary/aromatic N) is 1. The molecular weight excluding hydrogens is 192 g/mol. The van der Waals surface area contributed by atoms with Crippen molar-refractivity contribution in [2.24, 2.45) is 0 Å². The first-order valence-corrected chi connectivity index (χ1v) is 6.86. The van der Waals surface area contributed by atoms with Gasteiger partial charge in [0.05, 0.1) is 0 Å². The zero-order valence-corrected chi connectivity index (χ0v) is 10.8. The Bertz CT molecular complexity index is 107. The predicted octanol–water partition coefficient (Wildman–Crippen LogP) is 2.06. The summed E-state index contributed by atoms with van der Waals surface area (Å²) in [6.45, 7) is 5.67. The topological polar surface area (TPSA) is 15.3 Å². The van der Waals surface area contributed by atoms with Crippen LogP contribution < -0.4 is 5.32 Å². The van der Waals surface area contributed by atoms with E-state index in [-0.39, 0.29) is 0 Å². The Kier molecular flexibility index (Phi) is 11.6. The zero-order chi connectivity index (χ0) is 10.6. The highest BCUT2D eigenvalue weighted by Gasteiger charge is 1.91. The van der Waals surface area contributed by atoms with Crippen molar-refractivity contribution < 1.29 is 0 Å². The van der Waals surface area contributed by atoms with Crippen LogP contribution in [0.5, 0.6) is 0 Å². The van der Waals surface area contributed by atoms with Crippen LogP contribution in [0.4, 0.5) is 0 Å². The number of rotatable bonds is 10. The highest BCUT2D eigenvalue weighted by molar-refractivity contribution is 7.99. The Morgan fingerprint density at radius 2 is 1.86 bits per heavy atom. The van der Waals surface area contributed by atoms with Crippen LogP contribution in [0.3, 0.4) is 0 Å². The van der Waals surface area contributed by atoms with E-state index in [0.717, 1.165) is 19.6 Å². The molecule has 0 rings (SSSR count). The number of hydrogen-bond acceptors (Lipinski definition) is 3. The normalized spacial score (nSPS) is 11.1. The van der Waals surface area contributed by atoms with Crippen LogP contribution in [-0.2, 0) is 0 Å². The smallest absolute Gasteiger partial charge is 0.0101 e. The van der Waals surface area contributed by atoms with Gasteiger partial charge in [0.2, 0.25) is 0 Å². The molecule has 0 amide bonds. The minimum absolute atomic E-state index is 1.11. The number of likely N-dealkylation sites (N-methyl/N-ethyl adjacent to an activating group) is 1. The SMILES string of the molecule is CCCCCSCCNCCN(C)C. The molecule has 2 nitrogen and oxygen atoms in total. The van der Waals surface area contributed by atoms with Gasteiger partial charge >= 0.3 is 0 Å². The second kappa shape index (κ2) is 11.3. The summed E-state index contributed by atoms with van der Waals surface area (Å²) >= 11 is 2.08. The molecule has 1 N–H and O–H groups in total. The fourth-order valence-electron chi connectivity index (χ4n) is 1.13. The van der Waals surface area contributed by atoms with Crippen LogP contribution in [0.1, 0.15) is 26.2 Å². The first kappa shape index (κ1) is 14.3. The molecule has 0 saturated carbocycles. The third-order valence-corrected chi connectivity index (χ3v) is 3.12. The predicted molar refractivity (Wildman–Crippen MR) is 68.3 cm³/mol. The van der Waals surface area contributed by atoms with Gasteiger partial charge in [-0.1, -0.05) is 19.8 Å². The van der Waals surface area contributed by atoms with Crippen molar-refractivity contribution in [3.8, 4) is 0 Å². The Balaban J connectivity index is 2.85. The summed E-state index contributed by atoms with van der Waals surface area (Å²) in [5.74, 6) is 2.60. The lowest BCUT2D eigenvalue weighted by atomic mass is 10.3. The van der Waals surface area contributed by atoms with Crippen molar-refractivity contribution in [3.05, 3.63) is 0 Å². The molecule has 0 aromatic rings. The van der Waals surface area contributed by atoms with Crippen molar-refractivity contribution in [2.75, 3.05) is 45.2 Å². The van der Waals surface area contributed by atoms with Gasteiger partial charge < -0.3 is 10.2 Å². The molecule has 0 unspecified atom stereocenters. The van der Waals surface area contributed by atoms with E-state index in [1.807, 2.05) is 0 Å². The van der Waals surface area contributed by atoms with Gasteiger partial charge in [-0.2, -0.15) is 11.8 Å². The molecule has 0 fully saturated rings. The standard InChI is InChI=1S/C11H26N2S/c1-4-5-6-10-14-11-8-12-7-9-13(2)3/h12H,4-11H2,1-3H3. The number of unbranched alkanes of at least 4 members (excludes halogenated alkanes) is 2. The van der Waals surface area contributed by atoms with Gasteiger partial charge in [0, 0.05) is 25.4 Å². The minimum atomic E-state index is 1.11. The van der Waals surface area contributed by atoms with Gasteiger partial charge in [-0.15, -0.1) is 0 Å². The lowest BCUT2D eigenvalue weighted by molar-refractivity contribution is 0.403. The maximum absolute atomic E-state index is 3.45. The molecule has 0 aromatic carbocycles. The van der Waals surface area contributed by atoms with E-state index in [9.17, 15) is 0 Å². The van der Waals surface area contributed by atoms with Crippen LogP contribution in [0.25, 0.3) is 0 Å². The first-order chi connectivity index (χ1) is 6.77. The van der Waals surface area contributed by atoms with Crippen LogP contribution in [0, 0.1) is 0 Å². The van der Waals surface area contributed by atoms with Crippen molar-refractivity contribution in [2.45, 2.75) is 26.2 Å². The maximum Gasteiger partial charge on any atom is 0.0101 e. The second-order valence-electron chi connectivity index (χ2n) is 3.87. The second-order valence-corrected chi connectivity index (χ2v) is 5.10. The summed E-state index contributed by atoms with van der Waals surface area (Å²) in [4.78, 5) is 2.21. The van der Waals surface area contributed by atoms with Gasteiger partial charge in [0.1, 0.15) is 0 Å². The van der Waals surface area contributed by atoms with Crippen molar-refractivity contribution in [1.29, 1.82) is 0 Å². The van der Waals surface area contributed by atoms with Crippen molar-refractivity contribution >= 4 is 11.8 Å². The number of nitrogens with one attached hydrogen (secondary N) is 1. The highest BCUT2D eigenvalue weighted by atomic mass is 32.2. The first-order valence-electron chi connectivity index (χ1n) is 5.70. The Morgan fingerprint density at radius 3 is 2.50 bits per heavy atom. The molecule has 0 aromatic heterocycles. The molecule has 0 spiro atoms. The molecule has 0 saturated heterocycles. The third kappa shape index (κ3) is 12.3. The van der Waals surface area contributed by atoms with Crippen molar-refractivity contribution in [1.82, 2.24) is 10.2 Å². The van der Waals surface area contributed by atoms with Gasteiger partial charge in [0.25, 0.3) is 0 Å². The molecule has 0 heterocycles. The average Bonchev–Trinajstić information content (AvgIpc) is 2.15. The van der Waals surface area contributed by atoms with Crippen molar-refractivity contribution in [3.63, 3.8) is 0 Å². The lowest BCUT2D eigenvalue weighted by Gasteiger charge is -2.09. The third-order valence-electron chi connectivity index (χ3n) is 2.05. The number of hydrogen-bond donors (Lipinski definition) is 1. The largest absolute Gasteiger partial charge is 0.315 e. The van der Waals surface area contributed by atoms with E-state index >= 15 is 0 Å². The highest BCUT2D eigenvalue weighted by Crippen LogP contribution is 2.04. The molecular formula is C11H26N2S. The summed E-state index contributed by atoms with van der Waals surface area (Å²) < 4.78 is 0. The summed E-state index contributed by atoms with van der Waals surface area (Å²) in [7, 11) is 4.22. The molecule has 0 bridgehead atoms. The van der Waals surface area contributed by atoms with Gasteiger partial charge in [-0.25, -0.2) is 0 Å². The molecule has 14 heavy (non-hydrogen) atoms. The van der Waals surface area contributed by atoms with Crippen LogP contribution in [-0.4, -0.2) is 50.1 Å². The maximum atomic E-state index is 3.45. The summed E-state index contributed by atoms with van der Waals surface area (Å²) in [5.41, 5.74) is 0. The van der Waals surface area contributed by atoms with Gasteiger partial charge in [-0.05, 0) is 26.3 Å². The van der Waals surface area contributed by atoms with E-state index in [1.165, 1.54) is 30.8 Å². The van der Waals surface area contributed by atoms with Gasteiger partial charge in [0.15, 0.2) is 0 Å². The lowest BCUT2D eigenvalue weighted by Crippen LogP contribution is -2.28. The van der Waals surface area contributed by atoms with E-state index in [2.05, 4.69) is 43.0 Å².